The van der Waals surface area contributed by atoms with Crippen LogP contribution in [0.25, 0.3) is 0 Å². The summed E-state index contributed by atoms with van der Waals surface area (Å²) in [6.07, 6.45) is 0. The predicted molar refractivity (Wildman–Crippen MR) is 130 cm³/mol. The lowest BCUT2D eigenvalue weighted by molar-refractivity contribution is -0.114. The first-order valence-electron chi connectivity index (χ1n) is 10.2. The van der Waals surface area contributed by atoms with Gasteiger partial charge in [0.2, 0.25) is 5.91 Å². The van der Waals surface area contributed by atoms with Crippen molar-refractivity contribution >= 4 is 44.5 Å². The van der Waals surface area contributed by atoms with Gasteiger partial charge in [0.05, 0.1) is 5.75 Å². The number of hydrogen-bond donors (Lipinski definition) is 3. The first-order valence-corrected chi connectivity index (χ1v) is 11.8. The third-order valence-electron chi connectivity index (χ3n) is 4.90. The lowest BCUT2D eigenvalue weighted by atomic mass is 10.1. The van der Waals surface area contributed by atoms with Crippen molar-refractivity contribution in [3.63, 3.8) is 0 Å². The van der Waals surface area contributed by atoms with Crippen LogP contribution in [0.1, 0.15) is 18.1 Å². The largest absolute Gasteiger partial charge is 0.384 e. The second-order valence-corrected chi connectivity index (χ2v) is 9.18. The Balaban J connectivity index is 1.96. The van der Waals surface area contributed by atoms with E-state index in [1.807, 2.05) is 80.6 Å². The van der Waals surface area contributed by atoms with E-state index in [9.17, 15) is 13.2 Å². The van der Waals surface area contributed by atoms with E-state index in [4.69, 9.17) is 4.55 Å². The number of nitrogens with zero attached hydrogens (tertiary/aromatic N) is 1. The topological polar surface area (TPSA) is 98.7 Å². The molecule has 3 aromatic rings. The number of benzene rings is 3. The summed E-state index contributed by atoms with van der Waals surface area (Å²) in [7, 11) is -4.01. The predicted octanol–water partition coefficient (Wildman–Crippen LogP) is 5.03. The zero-order valence-electron chi connectivity index (χ0n) is 18.3. The molecule has 3 N–H and O–H groups in total. The zero-order valence-corrected chi connectivity index (χ0v) is 19.1. The molecule has 3 rings (SSSR count). The molecule has 0 heterocycles. The molecule has 3 aromatic carbocycles. The molecule has 0 saturated heterocycles. The molecule has 0 aliphatic heterocycles. The van der Waals surface area contributed by atoms with Gasteiger partial charge in [0, 0.05) is 41.9 Å². The summed E-state index contributed by atoms with van der Waals surface area (Å²) >= 11 is 0. The Morgan fingerprint density at radius 1 is 0.906 bits per heavy atom. The smallest absolute Gasteiger partial charge is 0.266 e. The van der Waals surface area contributed by atoms with Gasteiger partial charge in [-0.3, -0.25) is 9.35 Å². The standard InChI is InChI=1S/C24H27N3O4S/c1-17-4-9-21(10-5-17)27(23-11-6-18(2)24(16-23)26-19(3)28)22-12-7-20(8-13-22)25-14-15-32(29,30)31/h4-13,16,25H,14-15H2,1-3H3,(H,26,28)(H,29,30,31). The van der Waals surface area contributed by atoms with Crippen LogP contribution in [0.3, 0.4) is 0 Å². The van der Waals surface area contributed by atoms with Crippen LogP contribution in [0.4, 0.5) is 28.4 Å². The molecule has 8 heteroatoms. The number of amides is 1. The average Bonchev–Trinajstić information content (AvgIpc) is 2.72. The summed E-state index contributed by atoms with van der Waals surface area (Å²) in [5, 5.41) is 5.87. The van der Waals surface area contributed by atoms with Crippen LogP contribution in [-0.2, 0) is 14.9 Å². The summed E-state index contributed by atoms with van der Waals surface area (Å²) < 4.78 is 30.7. The number of aryl methyl sites for hydroxylation is 2. The van der Waals surface area contributed by atoms with Gasteiger partial charge in [-0.15, -0.1) is 0 Å². The molecule has 0 aromatic heterocycles. The van der Waals surface area contributed by atoms with Crippen LogP contribution < -0.4 is 15.5 Å². The molecule has 0 bridgehead atoms. The first kappa shape index (κ1) is 23.3. The molecular weight excluding hydrogens is 426 g/mol. The van der Waals surface area contributed by atoms with Crippen molar-refractivity contribution in [3.05, 3.63) is 77.9 Å². The Hall–Kier alpha value is -3.36. The number of hydrogen-bond acceptors (Lipinski definition) is 5. The van der Waals surface area contributed by atoms with E-state index in [1.165, 1.54) is 6.92 Å². The fourth-order valence-electron chi connectivity index (χ4n) is 3.27. The minimum absolute atomic E-state index is 0.109. The third kappa shape index (κ3) is 6.32. The fourth-order valence-corrected chi connectivity index (χ4v) is 3.63. The van der Waals surface area contributed by atoms with E-state index in [2.05, 4.69) is 15.5 Å². The lowest BCUT2D eigenvalue weighted by Gasteiger charge is -2.26. The Morgan fingerprint density at radius 2 is 1.47 bits per heavy atom. The summed E-state index contributed by atoms with van der Waals surface area (Å²) in [6.45, 7) is 5.57. The van der Waals surface area contributed by atoms with E-state index in [0.29, 0.717) is 0 Å². The maximum absolute atomic E-state index is 11.6. The molecule has 0 saturated carbocycles. The molecule has 0 atom stereocenters. The van der Waals surface area contributed by atoms with Gasteiger partial charge in [-0.05, 0) is 67.9 Å². The van der Waals surface area contributed by atoms with Gasteiger partial charge in [0.1, 0.15) is 0 Å². The Kier molecular flexibility index (Phi) is 7.17. The van der Waals surface area contributed by atoms with Crippen LogP contribution in [0.5, 0.6) is 0 Å². The molecule has 32 heavy (non-hydrogen) atoms. The Bertz CT molecular complexity index is 1190. The molecule has 7 nitrogen and oxygen atoms in total. The van der Waals surface area contributed by atoms with Gasteiger partial charge >= 0.3 is 0 Å². The molecule has 1 amide bonds. The van der Waals surface area contributed by atoms with E-state index in [-0.39, 0.29) is 18.2 Å². The highest BCUT2D eigenvalue weighted by molar-refractivity contribution is 7.85. The van der Waals surface area contributed by atoms with Gasteiger partial charge in [-0.1, -0.05) is 23.8 Å². The maximum atomic E-state index is 11.6. The highest BCUT2D eigenvalue weighted by atomic mass is 32.2. The van der Waals surface area contributed by atoms with Crippen LogP contribution in [0, 0.1) is 13.8 Å². The number of nitrogens with one attached hydrogen (secondary N) is 2. The van der Waals surface area contributed by atoms with Crippen LogP contribution in [0.15, 0.2) is 66.7 Å². The SMILES string of the molecule is CC(=O)Nc1cc(N(c2ccc(C)cc2)c2ccc(NCCS(=O)(=O)O)cc2)ccc1C. The van der Waals surface area contributed by atoms with E-state index in [0.717, 1.165) is 39.6 Å². The molecule has 0 fully saturated rings. The van der Waals surface area contributed by atoms with Gasteiger partial charge in [0.15, 0.2) is 0 Å². The van der Waals surface area contributed by atoms with Crippen molar-refractivity contribution in [3.8, 4) is 0 Å². The molecule has 0 aliphatic rings. The lowest BCUT2D eigenvalue weighted by Crippen LogP contribution is -2.15. The van der Waals surface area contributed by atoms with E-state index < -0.39 is 10.1 Å². The Morgan fingerprint density at radius 3 is 2.03 bits per heavy atom. The van der Waals surface area contributed by atoms with Crippen molar-refractivity contribution in [2.45, 2.75) is 20.8 Å². The van der Waals surface area contributed by atoms with Crippen LogP contribution in [-0.4, -0.2) is 31.2 Å². The van der Waals surface area contributed by atoms with Crippen LogP contribution in [0.2, 0.25) is 0 Å². The average molecular weight is 454 g/mol. The second-order valence-electron chi connectivity index (χ2n) is 7.61. The molecule has 0 radical (unpaired) electrons. The van der Waals surface area contributed by atoms with Gasteiger partial charge in [0.25, 0.3) is 10.1 Å². The summed E-state index contributed by atoms with van der Waals surface area (Å²) in [5.41, 5.74) is 6.34. The number of carbonyl (C=O) groups is 1. The highest BCUT2D eigenvalue weighted by Gasteiger charge is 2.14. The summed E-state index contributed by atoms with van der Waals surface area (Å²) in [4.78, 5) is 13.7. The molecule has 168 valence electrons. The minimum atomic E-state index is -4.01. The number of rotatable bonds is 8. The molecule has 0 unspecified atom stereocenters. The number of anilines is 5. The van der Waals surface area contributed by atoms with Crippen molar-refractivity contribution in [1.82, 2.24) is 0 Å². The minimum Gasteiger partial charge on any atom is -0.384 e. The molecule has 0 aliphatic carbocycles. The Labute approximate surface area is 188 Å². The highest BCUT2D eigenvalue weighted by Crippen LogP contribution is 2.37. The van der Waals surface area contributed by atoms with Gasteiger partial charge in [-0.25, -0.2) is 0 Å². The number of carbonyl (C=O) groups excluding carboxylic acids is 1. The second kappa shape index (κ2) is 9.84. The molecular formula is C24H27N3O4S. The van der Waals surface area contributed by atoms with Gasteiger partial charge in [-0.2, -0.15) is 8.42 Å². The maximum Gasteiger partial charge on any atom is 0.266 e. The van der Waals surface area contributed by atoms with Crippen LogP contribution >= 0.6 is 0 Å². The summed E-state index contributed by atoms with van der Waals surface area (Å²) in [6, 6.07) is 21.6. The van der Waals surface area contributed by atoms with Gasteiger partial charge < -0.3 is 15.5 Å². The quantitative estimate of drug-likeness (QED) is 0.414. The van der Waals surface area contributed by atoms with E-state index in [1.54, 1.807) is 0 Å². The monoisotopic (exact) mass is 453 g/mol. The van der Waals surface area contributed by atoms with E-state index >= 15 is 0 Å². The van der Waals surface area contributed by atoms with Crippen molar-refractivity contribution < 1.29 is 17.8 Å². The fraction of sp³-hybridized carbons (Fsp3) is 0.208. The third-order valence-corrected chi connectivity index (χ3v) is 5.62. The summed E-state index contributed by atoms with van der Waals surface area (Å²) in [5.74, 6) is -0.494. The molecule has 0 spiro atoms. The van der Waals surface area contributed by atoms with Crippen molar-refractivity contribution in [2.75, 3.05) is 27.8 Å². The van der Waals surface area contributed by atoms with Crippen molar-refractivity contribution in [2.24, 2.45) is 0 Å². The van der Waals surface area contributed by atoms with Crippen molar-refractivity contribution in [1.29, 1.82) is 0 Å². The normalized spacial score (nSPS) is 11.1. The zero-order chi connectivity index (χ0) is 23.3. The first-order chi connectivity index (χ1) is 15.1.